The molecule has 5 heteroatoms. The van der Waals surface area contributed by atoms with Gasteiger partial charge in [0.1, 0.15) is 11.5 Å². The molecule has 2 aromatic rings. The molecule has 25 heavy (non-hydrogen) atoms. The third-order valence-corrected chi connectivity index (χ3v) is 3.43. The Morgan fingerprint density at radius 3 is 2.60 bits per heavy atom. The van der Waals surface area contributed by atoms with Crippen LogP contribution in [-0.2, 0) is 9.53 Å². The summed E-state index contributed by atoms with van der Waals surface area (Å²) >= 11 is 0. The maximum atomic E-state index is 12.0. The Hall–Kier alpha value is -2.82. The quantitative estimate of drug-likeness (QED) is 0.565. The number of carbonyl (C=O) groups is 2. The Kier molecular flexibility index (Phi) is 6.57. The smallest absolute Gasteiger partial charge is 0.349 e. The number of aryl methyl sites for hydroxylation is 2. The number of rotatable bonds is 7. The second kappa shape index (κ2) is 8.87. The van der Waals surface area contributed by atoms with Crippen LogP contribution in [0.5, 0.6) is 11.5 Å². The zero-order valence-electron chi connectivity index (χ0n) is 14.7. The van der Waals surface area contributed by atoms with Crippen LogP contribution in [0.25, 0.3) is 0 Å². The maximum Gasteiger partial charge on any atom is 0.349 e. The molecule has 0 aliphatic rings. The lowest BCUT2D eigenvalue weighted by Gasteiger charge is -2.10. The highest BCUT2D eigenvalue weighted by molar-refractivity contribution is 5.90. The number of hydrogen-bond donors (Lipinski definition) is 0. The van der Waals surface area contributed by atoms with E-state index in [1.54, 1.807) is 18.2 Å². The SMILES string of the molecule is CCCOC(=O)c1cccc(OC(=O)COc2cc(C)ccc2C)c1. The van der Waals surface area contributed by atoms with Crippen molar-refractivity contribution in [1.82, 2.24) is 0 Å². The third kappa shape index (κ3) is 5.64. The molecule has 0 amide bonds. The van der Waals surface area contributed by atoms with Gasteiger partial charge in [-0.25, -0.2) is 9.59 Å². The summed E-state index contributed by atoms with van der Waals surface area (Å²) in [6.45, 7) is 5.92. The Morgan fingerprint density at radius 2 is 1.84 bits per heavy atom. The van der Waals surface area contributed by atoms with Gasteiger partial charge in [0.2, 0.25) is 0 Å². The Balaban J connectivity index is 1.94. The van der Waals surface area contributed by atoms with Crippen LogP contribution < -0.4 is 9.47 Å². The lowest BCUT2D eigenvalue weighted by molar-refractivity contribution is -0.136. The molecule has 2 aromatic carbocycles. The molecule has 0 bridgehead atoms. The highest BCUT2D eigenvalue weighted by Crippen LogP contribution is 2.19. The first-order valence-corrected chi connectivity index (χ1v) is 8.17. The third-order valence-electron chi connectivity index (χ3n) is 3.43. The Morgan fingerprint density at radius 1 is 1.04 bits per heavy atom. The summed E-state index contributed by atoms with van der Waals surface area (Å²) in [7, 11) is 0. The molecule has 0 saturated heterocycles. The minimum absolute atomic E-state index is 0.213. The summed E-state index contributed by atoms with van der Waals surface area (Å²) in [4.78, 5) is 23.8. The second-order valence-corrected chi connectivity index (χ2v) is 5.70. The molecule has 0 fully saturated rings. The van der Waals surface area contributed by atoms with Gasteiger partial charge in [-0.3, -0.25) is 0 Å². The van der Waals surface area contributed by atoms with Gasteiger partial charge in [0, 0.05) is 0 Å². The predicted octanol–water partition coefficient (Wildman–Crippen LogP) is 3.85. The zero-order valence-corrected chi connectivity index (χ0v) is 14.7. The summed E-state index contributed by atoms with van der Waals surface area (Å²) in [5, 5.41) is 0. The van der Waals surface area contributed by atoms with Crippen LogP contribution in [0.2, 0.25) is 0 Å². The second-order valence-electron chi connectivity index (χ2n) is 5.70. The van der Waals surface area contributed by atoms with Crippen LogP contribution in [0.15, 0.2) is 42.5 Å². The number of hydrogen-bond acceptors (Lipinski definition) is 5. The molecular weight excluding hydrogens is 320 g/mol. The van der Waals surface area contributed by atoms with Crippen LogP contribution in [-0.4, -0.2) is 25.2 Å². The summed E-state index contributed by atoms with van der Waals surface area (Å²) < 4.78 is 15.8. The van der Waals surface area contributed by atoms with Crippen LogP contribution in [0.4, 0.5) is 0 Å². The van der Waals surface area contributed by atoms with E-state index in [9.17, 15) is 9.59 Å². The topological polar surface area (TPSA) is 61.8 Å². The van der Waals surface area contributed by atoms with Crippen molar-refractivity contribution in [3.8, 4) is 11.5 Å². The summed E-state index contributed by atoms with van der Waals surface area (Å²) in [6, 6.07) is 12.1. The van der Waals surface area contributed by atoms with Gasteiger partial charge in [-0.05, 0) is 55.7 Å². The van der Waals surface area contributed by atoms with Crippen molar-refractivity contribution in [2.75, 3.05) is 13.2 Å². The van der Waals surface area contributed by atoms with Crippen molar-refractivity contribution in [3.63, 3.8) is 0 Å². The normalized spacial score (nSPS) is 10.2. The fraction of sp³-hybridized carbons (Fsp3) is 0.300. The van der Waals surface area contributed by atoms with Gasteiger partial charge in [-0.2, -0.15) is 0 Å². The average molecular weight is 342 g/mol. The lowest BCUT2D eigenvalue weighted by atomic mass is 10.1. The van der Waals surface area contributed by atoms with E-state index in [0.29, 0.717) is 17.9 Å². The number of benzene rings is 2. The monoisotopic (exact) mass is 342 g/mol. The Labute approximate surface area is 147 Å². The van der Waals surface area contributed by atoms with Gasteiger partial charge in [-0.15, -0.1) is 0 Å². The highest BCUT2D eigenvalue weighted by atomic mass is 16.6. The van der Waals surface area contributed by atoms with Crippen molar-refractivity contribution in [2.45, 2.75) is 27.2 Å². The molecule has 0 unspecified atom stereocenters. The molecule has 5 nitrogen and oxygen atoms in total. The molecule has 0 atom stereocenters. The molecule has 0 aliphatic carbocycles. The van der Waals surface area contributed by atoms with Gasteiger partial charge in [0.25, 0.3) is 0 Å². The zero-order chi connectivity index (χ0) is 18.2. The summed E-state index contributed by atoms with van der Waals surface area (Å²) in [6.07, 6.45) is 0.746. The fourth-order valence-electron chi connectivity index (χ4n) is 2.13. The largest absolute Gasteiger partial charge is 0.482 e. The van der Waals surface area contributed by atoms with Crippen LogP contribution in [0, 0.1) is 13.8 Å². The maximum absolute atomic E-state index is 12.0. The van der Waals surface area contributed by atoms with E-state index in [1.165, 1.54) is 6.07 Å². The number of carbonyl (C=O) groups excluding carboxylic acids is 2. The highest BCUT2D eigenvalue weighted by Gasteiger charge is 2.11. The van der Waals surface area contributed by atoms with Gasteiger partial charge in [0.05, 0.1) is 12.2 Å². The van der Waals surface area contributed by atoms with Gasteiger partial charge in [-0.1, -0.05) is 25.1 Å². The lowest BCUT2D eigenvalue weighted by Crippen LogP contribution is -2.18. The minimum Gasteiger partial charge on any atom is -0.482 e. The summed E-state index contributed by atoms with van der Waals surface area (Å²) in [5.41, 5.74) is 2.33. The molecule has 0 saturated carbocycles. The van der Waals surface area contributed by atoms with Crippen molar-refractivity contribution in [1.29, 1.82) is 0 Å². The van der Waals surface area contributed by atoms with Gasteiger partial charge in [0.15, 0.2) is 6.61 Å². The van der Waals surface area contributed by atoms with E-state index in [0.717, 1.165) is 17.5 Å². The number of ether oxygens (including phenoxy) is 3. The van der Waals surface area contributed by atoms with Crippen LogP contribution >= 0.6 is 0 Å². The molecule has 0 heterocycles. The van der Waals surface area contributed by atoms with E-state index in [2.05, 4.69) is 0 Å². The predicted molar refractivity (Wildman–Crippen MR) is 94.1 cm³/mol. The van der Waals surface area contributed by atoms with E-state index < -0.39 is 11.9 Å². The first kappa shape index (κ1) is 18.5. The first-order valence-electron chi connectivity index (χ1n) is 8.17. The van der Waals surface area contributed by atoms with E-state index in [4.69, 9.17) is 14.2 Å². The first-order chi connectivity index (χ1) is 12.0. The van der Waals surface area contributed by atoms with Crippen LogP contribution in [0.3, 0.4) is 0 Å². The molecule has 132 valence electrons. The van der Waals surface area contributed by atoms with Crippen molar-refractivity contribution in [2.24, 2.45) is 0 Å². The molecule has 0 spiro atoms. The molecule has 0 radical (unpaired) electrons. The summed E-state index contributed by atoms with van der Waals surface area (Å²) in [5.74, 6) is -0.0549. The Bertz CT molecular complexity index is 752. The standard InChI is InChI=1S/C20H22O5/c1-4-10-23-20(22)16-6-5-7-17(12-16)25-19(21)13-24-18-11-14(2)8-9-15(18)3/h5-9,11-12H,4,10,13H2,1-3H3. The van der Waals surface area contributed by atoms with Crippen LogP contribution in [0.1, 0.15) is 34.8 Å². The van der Waals surface area contributed by atoms with Crippen molar-refractivity contribution >= 4 is 11.9 Å². The van der Waals surface area contributed by atoms with Gasteiger partial charge < -0.3 is 14.2 Å². The molecular formula is C20H22O5. The van der Waals surface area contributed by atoms with Crippen molar-refractivity contribution < 1.29 is 23.8 Å². The fourth-order valence-corrected chi connectivity index (χ4v) is 2.13. The molecule has 0 N–H and O–H groups in total. The van der Waals surface area contributed by atoms with Crippen molar-refractivity contribution in [3.05, 3.63) is 59.2 Å². The van der Waals surface area contributed by atoms with E-state index in [1.807, 2.05) is 39.0 Å². The van der Waals surface area contributed by atoms with E-state index in [-0.39, 0.29) is 12.4 Å². The molecule has 2 rings (SSSR count). The molecule has 0 aromatic heterocycles. The van der Waals surface area contributed by atoms with E-state index >= 15 is 0 Å². The van der Waals surface area contributed by atoms with Gasteiger partial charge >= 0.3 is 11.9 Å². The average Bonchev–Trinajstić information content (AvgIpc) is 2.60. The minimum atomic E-state index is -0.542. The number of esters is 2. The molecule has 0 aliphatic heterocycles.